The van der Waals surface area contributed by atoms with Crippen molar-refractivity contribution < 1.29 is 18.3 Å². The number of guanidine groups is 1. The standard InChI is InChI=1S/C20H25F2N5O2/c1-23-20(25-13-15-5-2-3-7-17(15)29-19(21)22)26-14-16-6-4-8-24-18(16)27-9-11-28-12-10-27/h2-8,19H,9-14H2,1H3,(H2,23,25,26). The van der Waals surface area contributed by atoms with E-state index in [0.29, 0.717) is 37.8 Å². The average molecular weight is 405 g/mol. The molecule has 1 fully saturated rings. The number of nitrogens with zero attached hydrogens (tertiary/aromatic N) is 3. The zero-order valence-corrected chi connectivity index (χ0v) is 16.3. The van der Waals surface area contributed by atoms with Crippen molar-refractivity contribution in [3.05, 3.63) is 53.7 Å². The van der Waals surface area contributed by atoms with Crippen LogP contribution in [-0.2, 0) is 17.8 Å². The lowest BCUT2D eigenvalue weighted by Gasteiger charge is -2.29. The van der Waals surface area contributed by atoms with Gasteiger partial charge in [0.05, 0.1) is 13.2 Å². The molecule has 3 rings (SSSR count). The number of anilines is 1. The molecule has 0 aliphatic carbocycles. The van der Waals surface area contributed by atoms with Gasteiger partial charge in [0.25, 0.3) is 0 Å². The lowest BCUT2D eigenvalue weighted by molar-refractivity contribution is -0.0504. The first-order valence-corrected chi connectivity index (χ1v) is 9.41. The van der Waals surface area contributed by atoms with E-state index in [2.05, 4.69) is 30.2 Å². The number of morpholine rings is 1. The van der Waals surface area contributed by atoms with Gasteiger partial charge in [-0.05, 0) is 12.1 Å². The van der Waals surface area contributed by atoms with Crippen LogP contribution < -0.4 is 20.3 Å². The normalized spacial score (nSPS) is 14.8. The number of alkyl halides is 2. The van der Waals surface area contributed by atoms with Gasteiger partial charge in [0, 0.05) is 50.6 Å². The summed E-state index contributed by atoms with van der Waals surface area (Å²) in [5, 5.41) is 6.38. The van der Waals surface area contributed by atoms with Crippen LogP contribution in [0.1, 0.15) is 11.1 Å². The van der Waals surface area contributed by atoms with Crippen molar-refractivity contribution in [1.29, 1.82) is 0 Å². The maximum atomic E-state index is 12.6. The molecule has 9 heteroatoms. The number of halogens is 2. The topological polar surface area (TPSA) is 71.0 Å². The third-order valence-electron chi connectivity index (χ3n) is 4.48. The van der Waals surface area contributed by atoms with E-state index in [4.69, 9.17) is 4.74 Å². The van der Waals surface area contributed by atoms with Gasteiger partial charge in [-0.15, -0.1) is 0 Å². The molecule has 0 bridgehead atoms. The molecule has 1 aromatic carbocycles. The summed E-state index contributed by atoms with van der Waals surface area (Å²) >= 11 is 0. The van der Waals surface area contributed by atoms with Gasteiger partial charge in [0.2, 0.25) is 0 Å². The monoisotopic (exact) mass is 405 g/mol. The number of ether oxygens (including phenoxy) is 2. The molecule has 1 aromatic heterocycles. The lowest BCUT2D eigenvalue weighted by Crippen LogP contribution is -2.39. The van der Waals surface area contributed by atoms with Crippen molar-refractivity contribution in [2.24, 2.45) is 4.99 Å². The van der Waals surface area contributed by atoms with Gasteiger partial charge in [-0.3, -0.25) is 4.99 Å². The zero-order valence-electron chi connectivity index (χ0n) is 16.3. The van der Waals surface area contributed by atoms with Crippen LogP contribution in [0.2, 0.25) is 0 Å². The molecular weight excluding hydrogens is 380 g/mol. The first-order chi connectivity index (χ1) is 14.2. The van der Waals surface area contributed by atoms with E-state index < -0.39 is 6.61 Å². The summed E-state index contributed by atoms with van der Waals surface area (Å²) < 4.78 is 35.1. The molecule has 156 valence electrons. The summed E-state index contributed by atoms with van der Waals surface area (Å²) in [6.45, 7) is 0.939. The van der Waals surface area contributed by atoms with Crippen LogP contribution in [0.25, 0.3) is 0 Å². The van der Waals surface area contributed by atoms with Crippen LogP contribution in [0, 0.1) is 0 Å². The Labute approximate surface area is 168 Å². The first-order valence-electron chi connectivity index (χ1n) is 9.41. The molecule has 2 N–H and O–H groups in total. The van der Waals surface area contributed by atoms with Gasteiger partial charge < -0.3 is 25.0 Å². The maximum absolute atomic E-state index is 12.6. The Balaban J connectivity index is 1.59. The maximum Gasteiger partial charge on any atom is 0.387 e. The van der Waals surface area contributed by atoms with Gasteiger partial charge in [0.1, 0.15) is 11.6 Å². The van der Waals surface area contributed by atoms with Gasteiger partial charge in [-0.1, -0.05) is 24.3 Å². The molecular formula is C20H25F2N5O2. The number of benzene rings is 1. The summed E-state index contributed by atoms with van der Waals surface area (Å²) in [7, 11) is 1.66. The number of pyridine rings is 1. The molecule has 0 unspecified atom stereocenters. The third-order valence-corrected chi connectivity index (χ3v) is 4.48. The number of para-hydroxylation sites is 1. The Bertz CT molecular complexity index is 813. The van der Waals surface area contributed by atoms with Gasteiger partial charge >= 0.3 is 6.61 Å². The van der Waals surface area contributed by atoms with Crippen LogP contribution in [0.5, 0.6) is 5.75 Å². The van der Waals surface area contributed by atoms with Crippen LogP contribution in [0.15, 0.2) is 47.6 Å². The van der Waals surface area contributed by atoms with Gasteiger partial charge in [0.15, 0.2) is 5.96 Å². The summed E-state index contributed by atoms with van der Waals surface area (Å²) in [6.07, 6.45) is 1.78. The molecule has 1 saturated heterocycles. The highest BCUT2D eigenvalue weighted by atomic mass is 19.3. The average Bonchev–Trinajstić information content (AvgIpc) is 2.75. The van der Waals surface area contributed by atoms with Crippen molar-refractivity contribution in [2.75, 3.05) is 38.3 Å². The highest BCUT2D eigenvalue weighted by Crippen LogP contribution is 2.20. The van der Waals surface area contributed by atoms with E-state index in [-0.39, 0.29) is 5.75 Å². The van der Waals surface area contributed by atoms with E-state index in [1.54, 1.807) is 31.4 Å². The molecule has 0 saturated carbocycles. The van der Waals surface area contributed by atoms with Crippen LogP contribution in [0.3, 0.4) is 0 Å². The number of hydrogen-bond acceptors (Lipinski definition) is 5. The number of aliphatic imine (C=N–C) groups is 1. The summed E-state index contributed by atoms with van der Waals surface area (Å²) in [6, 6.07) is 10.6. The van der Waals surface area contributed by atoms with E-state index in [1.807, 2.05) is 12.1 Å². The third kappa shape index (κ3) is 6.02. The van der Waals surface area contributed by atoms with Gasteiger partial charge in [-0.2, -0.15) is 8.78 Å². The highest BCUT2D eigenvalue weighted by molar-refractivity contribution is 5.79. The molecule has 1 aliphatic heterocycles. The summed E-state index contributed by atoms with van der Waals surface area (Å²) in [4.78, 5) is 10.9. The summed E-state index contributed by atoms with van der Waals surface area (Å²) in [5.41, 5.74) is 1.66. The molecule has 2 aromatic rings. The second-order valence-electron chi connectivity index (χ2n) is 6.35. The quantitative estimate of drug-likeness (QED) is 0.545. The van der Waals surface area contributed by atoms with Crippen molar-refractivity contribution >= 4 is 11.8 Å². The highest BCUT2D eigenvalue weighted by Gasteiger charge is 2.16. The Hall–Kier alpha value is -2.94. The smallest absolute Gasteiger partial charge is 0.387 e. The molecule has 2 heterocycles. The number of hydrogen-bond donors (Lipinski definition) is 2. The predicted octanol–water partition coefficient (Wildman–Crippen LogP) is 2.38. The predicted molar refractivity (Wildman–Crippen MR) is 107 cm³/mol. The van der Waals surface area contributed by atoms with Crippen molar-refractivity contribution in [2.45, 2.75) is 19.7 Å². The second kappa shape index (κ2) is 10.6. The molecule has 0 spiro atoms. The number of rotatable bonds is 7. The minimum absolute atomic E-state index is 0.146. The minimum Gasteiger partial charge on any atom is -0.434 e. The Morgan fingerprint density at radius 3 is 2.55 bits per heavy atom. The fourth-order valence-electron chi connectivity index (χ4n) is 3.07. The molecule has 1 aliphatic rings. The largest absolute Gasteiger partial charge is 0.434 e. The second-order valence-corrected chi connectivity index (χ2v) is 6.35. The SMILES string of the molecule is CN=C(NCc1ccccc1OC(F)F)NCc1cccnc1N1CCOCC1. The minimum atomic E-state index is -2.86. The summed E-state index contributed by atoms with van der Waals surface area (Å²) in [5.74, 6) is 1.62. The Kier molecular flexibility index (Phi) is 7.57. The van der Waals surface area contributed by atoms with Crippen molar-refractivity contribution in [3.8, 4) is 5.75 Å². The van der Waals surface area contributed by atoms with Crippen LogP contribution in [0.4, 0.5) is 14.6 Å². The molecule has 29 heavy (non-hydrogen) atoms. The fourth-order valence-corrected chi connectivity index (χ4v) is 3.07. The van der Waals surface area contributed by atoms with Crippen LogP contribution >= 0.6 is 0 Å². The van der Waals surface area contributed by atoms with Crippen LogP contribution in [-0.4, -0.2) is 50.9 Å². The van der Waals surface area contributed by atoms with Gasteiger partial charge in [-0.25, -0.2) is 4.98 Å². The van der Waals surface area contributed by atoms with E-state index in [9.17, 15) is 8.78 Å². The van der Waals surface area contributed by atoms with Crippen molar-refractivity contribution in [1.82, 2.24) is 15.6 Å². The Morgan fingerprint density at radius 2 is 1.83 bits per heavy atom. The molecule has 0 atom stereocenters. The van der Waals surface area contributed by atoms with E-state index >= 15 is 0 Å². The van der Waals surface area contributed by atoms with E-state index in [0.717, 1.165) is 24.5 Å². The number of aromatic nitrogens is 1. The zero-order chi connectivity index (χ0) is 20.5. The number of nitrogens with one attached hydrogen (secondary N) is 2. The molecule has 0 radical (unpaired) electrons. The molecule has 0 amide bonds. The lowest BCUT2D eigenvalue weighted by atomic mass is 10.2. The fraction of sp³-hybridized carbons (Fsp3) is 0.400. The first kappa shape index (κ1) is 20.8. The molecule has 7 nitrogen and oxygen atoms in total. The Morgan fingerprint density at radius 1 is 1.14 bits per heavy atom. The van der Waals surface area contributed by atoms with E-state index in [1.165, 1.54) is 6.07 Å². The van der Waals surface area contributed by atoms with Crippen molar-refractivity contribution in [3.63, 3.8) is 0 Å².